The van der Waals surface area contributed by atoms with Crippen molar-refractivity contribution in [1.82, 2.24) is 0 Å². The van der Waals surface area contributed by atoms with Crippen LogP contribution in [0.2, 0.25) is 0 Å². The van der Waals surface area contributed by atoms with Crippen molar-refractivity contribution < 1.29 is 9.90 Å². The number of amides is 1. The van der Waals surface area contributed by atoms with Crippen molar-refractivity contribution in [3.8, 4) is 6.07 Å². The molecule has 92 valence electrons. The van der Waals surface area contributed by atoms with Gasteiger partial charge in [-0.3, -0.25) is 4.79 Å². The Labute approximate surface area is 105 Å². The lowest BCUT2D eigenvalue weighted by Crippen LogP contribution is -2.72. The number of hydrogen-bond acceptors (Lipinski definition) is 3. The van der Waals surface area contributed by atoms with Crippen LogP contribution in [0.3, 0.4) is 0 Å². The van der Waals surface area contributed by atoms with Crippen molar-refractivity contribution >= 4 is 11.6 Å². The Morgan fingerprint density at radius 1 is 1.33 bits per heavy atom. The van der Waals surface area contributed by atoms with Crippen molar-refractivity contribution in [3.63, 3.8) is 0 Å². The predicted octanol–water partition coefficient (Wildman–Crippen LogP) is 1.44. The number of nitrogens with zero attached hydrogens (tertiary/aromatic N) is 2. The van der Waals surface area contributed by atoms with E-state index in [4.69, 9.17) is 5.26 Å². The lowest BCUT2D eigenvalue weighted by atomic mass is 9.41. The number of nitriles is 1. The van der Waals surface area contributed by atoms with Crippen LogP contribution in [0, 0.1) is 16.7 Å². The summed E-state index contributed by atoms with van der Waals surface area (Å²) in [6.45, 7) is 0. The number of benzene rings is 1. The van der Waals surface area contributed by atoms with Gasteiger partial charge < -0.3 is 10.0 Å². The molecule has 0 unspecified atom stereocenters. The third kappa shape index (κ3) is 1.37. The molecule has 2 bridgehead atoms. The van der Waals surface area contributed by atoms with Crippen LogP contribution >= 0.6 is 0 Å². The Bertz CT molecular complexity index is 536. The van der Waals surface area contributed by atoms with Crippen LogP contribution in [-0.2, 0) is 4.79 Å². The van der Waals surface area contributed by atoms with Crippen molar-refractivity contribution in [3.05, 3.63) is 29.8 Å². The second kappa shape index (κ2) is 3.33. The molecule has 1 amide bonds. The third-order valence-corrected chi connectivity index (χ3v) is 4.14. The van der Waals surface area contributed by atoms with Crippen LogP contribution in [-0.4, -0.2) is 23.7 Å². The van der Waals surface area contributed by atoms with Crippen LogP contribution in [0.1, 0.15) is 24.8 Å². The molecule has 3 fully saturated rings. The minimum absolute atomic E-state index is 0.0723. The zero-order valence-electron chi connectivity index (χ0n) is 10.2. The molecule has 0 atom stereocenters. The van der Waals surface area contributed by atoms with E-state index in [-0.39, 0.29) is 11.3 Å². The fourth-order valence-corrected chi connectivity index (χ4v) is 3.19. The number of aliphatic hydroxyl groups is 1. The molecule has 4 heteroatoms. The highest BCUT2D eigenvalue weighted by atomic mass is 16.3. The van der Waals surface area contributed by atoms with Gasteiger partial charge in [0.2, 0.25) is 5.91 Å². The van der Waals surface area contributed by atoms with Gasteiger partial charge in [0, 0.05) is 12.7 Å². The molecule has 1 aromatic rings. The number of hydrogen-bond donors (Lipinski definition) is 1. The van der Waals surface area contributed by atoms with Crippen LogP contribution in [0.5, 0.6) is 0 Å². The highest BCUT2D eigenvalue weighted by Crippen LogP contribution is 2.67. The summed E-state index contributed by atoms with van der Waals surface area (Å²) in [7, 11) is 1.74. The van der Waals surface area contributed by atoms with E-state index in [0.717, 1.165) is 5.69 Å². The Hall–Kier alpha value is -1.86. The summed E-state index contributed by atoms with van der Waals surface area (Å²) in [5.41, 5.74) is 0.494. The summed E-state index contributed by atoms with van der Waals surface area (Å²) >= 11 is 0. The molecule has 0 aromatic heterocycles. The lowest BCUT2D eigenvalue weighted by Gasteiger charge is -2.66. The molecule has 0 saturated heterocycles. The zero-order chi connectivity index (χ0) is 13.0. The maximum atomic E-state index is 12.3. The number of carbonyl (C=O) groups excluding carboxylic acids is 1. The van der Waals surface area contributed by atoms with E-state index < -0.39 is 5.60 Å². The van der Waals surface area contributed by atoms with E-state index in [9.17, 15) is 9.90 Å². The van der Waals surface area contributed by atoms with E-state index in [1.165, 1.54) is 0 Å². The number of carbonyl (C=O) groups is 1. The molecule has 4 nitrogen and oxygen atoms in total. The molecule has 1 aromatic carbocycles. The molecular formula is C14H14N2O2. The molecule has 3 aliphatic carbocycles. The van der Waals surface area contributed by atoms with E-state index in [1.807, 2.05) is 0 Å². The van der Waals surface area contributed by atoms with E-state index >= 15 is 0 Å². The largest absolute Gasteiger partial charge is 0.390 e. The van der Waals surface area contributed by atoms with E-state index in [1.54, 1.807) is 36.2 Å². The molecule has 0 heterocycles. The first-order valence-corrected chi connectivity index (χ1v) is 5.99. The minimum atomic E-state index is -0.554. The first kappa shape index (κ1) is 11.2. The van der Waals surface area contributed by atoms with Gasteiger partial charge in [0.25, 0.3) is 0 Å². The fraction of sp³-hybridized carbons (Fsp3) is 0.429. The quantitative estimate of drug-likeness (QED) is 0.853. The predicted molar refractivity (Wildman–Crippen MR) is 65.8 cm³/mol. The summed E-state index contributed by atoms with van der Waals surface area (Å²) in [6.07, 6.45) is 1.79. The van der Waals surface area contributed by atoms with Gasteiger partial charge in [-0.25, -0.2) is 0 Å². The second-order valence-corrected chi connectivity index (χ2v) is 5.56. The maximum Gasteiger partial charge on any atom is 0.233 e. The van der Waals surface area contributed by atoms with Gasteiger partial charge in [-0.05, 0) is 43.5 Å². The van der Waals surface area contributed by atoms with Crippen LogP contribution in [0.4, 0.5) is 5.69 Å². The average molecular weight is 242 g/mol. The van der Waals surface area contributed by atoms with Gasteiger partial charge in [-0.1, -0.05) is 0 Å². The molecular weight excluding hydrogens is 228 g/mol. The van der Waals surface area contributed by atoms with Crippen LogP contribution < -0.4 is 4.90 Å². The first-order chi connectivity index (χ1) is 8.48. The number of anilines is 1. The summed E-state index contributed by atoms with van der Waals surface area (Å²) in [5.74, 6) is 0.0723. The van der Waals surface area contributed by atoms with Gasteiger partial charge in [-0.15, -0.1) is 0 Å². The topological polar surface area (TPSA) is 64.3 Å². The Morgan fingerprint density at radius 3 is 2.33 bits per heavy atom. The van der Waals surface area contributed by atoms with Crippen molar-refractivity contribution in [1.29, 1.82) is 5.26 Å². The molecule has 4 rings (SSSR count). The van der Waals surface area contributed by atoms with Gasteiger partial charge in [0.05, 0.1) is 22.6 Å². The highest BCUT2D eigenvalue weighted by molar-refractivity contribution is 5.99. The van der Waals surface area contributed by atoms with Crippen LogP contribution in [0.15, 0.2) is 24.3 Å². The summed E-state index contributed by atoms with van der Waals surface area (Å²) in [6, 6.07) is 9.01. The molecule has 1 N–H and O–H groups in total. The minimum Gasteiger partial charge on any atom is -0.390 e. The normalized spacial score (nSPS) is 31.8. The smallest absolute Gasteiger partial charge is 0.233 e. The molecule has 3 aliphatic rings. The first-order valence-electron chi connectivity index (χ1n) is 5.99. The van der Waals surface area contributed by atoms with Crippen molar-refractivity contribution in [2.24, 2.45) is 5.41 Å². The van der Waals surface area contributed by atoms with Gasteiger partial charge >= 0.3 is 0 Å². The molecule has 3 saturated carbocycles. The lowest BCUT2D eigenvalue weighted by molar-refractivity contribution is -0.248. The monoisotopic (exact) mass is 242 g/mol. The third-order valence-electron chi connectivity index (χ3n) is 4.14. The molecule has 0 aliphatic heterocycles. The Morgan fingerprint density at radius 2 is 1.89 bits per heavy atom. The van der Waals surface area contributed by atoms with E-state index in [2.05, 4.69) is 6.07 Å². The summed E-state index contributed by atoms with van der Waals surface area (Å²) in [4.78, 5) is 14.0. The van der Waals surface area contributed by atoms with Crippen LogP contribution in [0.25, 0.3) is 0 Å². The Kier molecular flexibility index (Phi) is 2.08. The Balaban J connectivity index is 1.76. The van der Waals surface area contributed by atoms with Gasteiger partial charge in [-0.2, -0.15) is 5.26 Å². The van der Waals surface area contributed by atoms with Crippen molar-refractivity contribution in [2.45, 2.75) is 24.9 Å². The summed E-state index contributed by atoms with van der Waals surface area (Å²) < 4.78 is 0. The molecule has 18 heavy (non-hydrogen) atoms. The van der Waals surface area contributed by atoms with Gasteiger partial charge in [0.15, 0.2) is 0 Å². The van der Waals surface area contributed by atoms with Crippen molar-refractivity contribution in [2.75, 3.05) is 11.9 Å². The highest BCUT2D eigenvalue weighted by Gasteiger charge is 2.71. The molecule has 0 radical (unpaired) electrons. The zero-order valence-corrected chi connectivity index (χ0v) is 10.2. The maximum absolute atomic E-state index is 12.3. The SMILES string of the molecule is CN(C(=O)C12CC(O)(C1)C2)c1ccc(C#N)cc1. The fourth-order valence-electron chi connectivity index (χ4n) is 3.19. The summed E-state index contributed by atoms with van der Waals surface area (Å²) in [5, 5.41) is 18.4. The van der Waals surface area contributed by atoms with E-state index in [0.29, 0.717) is 24.8 Å². The molecule has 0 spiro atoms. The number of rotatable bonds is 2. The standard InChI is InChI=1S/C14H14N2O2/c1-16(11-4-2-10(6-15)3-5-11)12(17)13-7-14(18,8-13)9-13/h2-5,18H,7-9H2,1H3. The van der Waals surface area contributed by atoms with Gasteiger partial charge in [0.1, 0.15) is 0 Å². The average Bonchev–Trinajstić information content (AvgIpc) is 2.32. The second-order valence-electron chi connectivity index (χ2n) is 5.56.